The Balaban J connectivity index is 1.68. The summed E-state index contributed by atoms with van der Waals surface area (Å²) in [7, 11) is 1.69. The average molecular weight is 295 g/mol. The Labute approximate surface area is 131 Å². The van der Waals surface area contributed by atoms with E-state index >= 15 is 0 Å². The van der Waals surface area contributed by atoms with E-state index in [1.54, 1.807) is 7.11 Å². The lowest BCUT2D eigenvalue weighted by atomic mass is 9.81. The van der Waals surface area contributed by atoms with Crippen LogP contribution in [0.1, 0.15) is 37.3 Å². The van der Waals surface area contributed by atoms with Gasteiger partial charge in [-0.15, -0.1) is 5.06 Å². The van der Waals surface area contributed by atoms with Crippen molar-refractivity contribution in [2.24, 2.45) is 0 Å². The lowest BCUT2D eigenvalue weighted by molar-refractivity contribution is 0.0590. The van der Waals surface area contributed by atoms with Crippen molar-refractivity contribution in [3.63, 3.8) is 0 Å². The first-order chi connectivity index (χ1) is 10.6. The van der Waals surface area contributed by atoms with Crippen LogP contribution in [-0.2, 0) is 10.6 Å². The molecule has 0 spiro atoms. The third-order valence-electron chi connectivity index (χ3n) is 5.14. The molecule has 2 heterocycles. The van der Waals surface area contributed by atoms with Crippen molar-refractivity contribution in [2.45, 2.75) is 37.5 Å². The number of ether oxygens (including phenoxy) is 1. The first-order valence-corrected chi connectivity index (χ1v) is 7.77. The molecule has 2 fully saturated rings. The highest BCUT2D eigenvalue weighted by Gasteiger charge is 2.71. The Kier molecular flexibility index (Phi) is 2.87. The summed E-state index contributed by atoms with van der Waals surface area (Å²) in [5.74, 6) is 1.34. The van der Waals surface area contributed by atoms with E-state index in [4.69, 9.17) is 9.57 Å². The highest BCUT2D eigenvalue weighted by atomic mass is 16.9. The van der Waals surface area contributed by atoms with Crippen LogP contribution >= 0.6 is 0 Å². The van der Waals surface area contributed by atoms with Crippen molar-refractivity contribution in [3.05, 3.63) is 65.7 Å². The molecule has 2 aliphatic rings. The summed E-state index contributed by atoms with van der Waals surface area (Å²) < 4.78 is 5.26. The molecule has 2 aliphatic heterocycles. The zero-order chi connectivity index (χ0) is 15.4. The van der Waals surface area contributed by atoms with Gasteiger partial charge >= 0.3 is 0 Å². The summed E-state index contributed by atoms with van der Waals surface area (Å²) in [4.78, 5) is 6.06. The summed E-state index contributed by atoms with van der Waals surface area (Å²) in [6.07, 6.45) is 0.982. The Morgan fingerprint density at radius 2 is 1.73 bits per heavy atom. The van der Waals surface area contributed by atoms with Crippen molar-refractivity contribution < 1.29 is 9.57 Å². The molecule has 3 atom stereocenters. The lowest BCUT2D eigenvalue weighted by Crippen LogP contribution is -2.33. The summed E-state index contributed by atoms with van der Waals surface area (Å²) in [5, 5.41) is 2.17. The van der Waals surface area contributed by atoms with Crippen LogP contribution in [-0.4, -0.2) is 17.7 Å². The Hall–Kier alpha value is -1.84. The smallest absolute Gasteiger partial charge is 0.191 e. The molecule has 3 nitrogen and oxygen atoms in total. The van der Waals surface area contributed by atoms with Crippen molar-refractivity contribution in [1.29, 1.82) is 0 Å². The summed E-state index contributed by atoms with van der Waals surface area (Å²) in [5.41, 5.74) is 2.31. The van der Waals surface area contributed by atoms with E-state index in [1.807, 2.05) is 12.1 Å². The minimum Gasteiger partial charge on any atom is -0.497 e. The number of hydrogen-bond donors (Lipinski definition) is 0. The first-order valence-electron chi connectivity index (χ1n) is 7.77. The maximum absolute atomic E-state index is 6.06. The third kappa shape index (κ3) is 1.82. The van der Waals surface area contributed by atoms with Crippen molar-refractivity contribution in [2.75, 3.05) is 7.11 Å². The molecule has 0 radical (unpaired) electrons. The normalized spacial score (nSPS) is 31.6. The molecule has 3 unspecified atom stereocenters. The first kappa shape index (κ1) is 13.8. The minimum absolute atomic E-state index is 0.0126. The fourth-order valence-corrected chi connectivity index (χ4v) is 3.85. The number of hydrogen-bond acceptors (Lipinski definition) is 3. The molecule has 0 aromatic heterocycles. The monoisotopic (exact) mass is 295 g/mol. The molecule has 0 amide bonds. The van der Waals surface area contributed by atoms with Gasteiger partial charge in [0.05, 0.1) is 12.6 Å². The van der Waals surface area contributed by atoms with Gasteiger partial charge in [-0.3, -0.25) is 4.84 Å². The molecule has 3 heteroatoms. The second-order valence-corrected chi connectivity index (χ2v) is 6.72. The zero-order valence-electron chi connectivity index (χ0n) is 13.2. The van der Waals surface area contributed by atoms with Gasteiger partial charge in [-0.1, -0.05) is 42.5 Å². The molecular formula is C19H21NO2. The quantitative estimate of drug-likeness (QED) is 0.798. The van der Waals surface area contributed by atoms with Gasteiger partial charge < -0.3 is 4.74 Å². The molecule has 2 aromatic carbocycles. The predicted molar refractivity (Wildman–Crippen MR) is 85.5 cm³/mol. The van der Waals surface area contributed by atoms with Crippen LogP contribution in [0.3, 0.4) is 0 Å². The largest absolute Gasteiger partial charge is 0.497 e. The Morgan fingerprint density at radius 3 is 2.36 bits per heavy atom. The number of methoxy groups -OCH3 is 1. The van der Waals surface area contributed by atoms with E-state index in [9.17, 15) is 0 Å². The van der Waals surface area contributed by atoms with Gasteiger partial charge in [-0.05, 0) is 31.5 Å². The highest BCUT2D eigenvalue weighted by Crippen LogP contribution is 2.65. The average Bonchev–Trinajstić information content (AvgIpc) is 3.25. The van der Waals surface area contributed by atoms with Crippen LogP contribution in [0.4, 0.5) is 0 Å². The molecule has 0 N–H and O–H groups in total. The number of benzene rings is 2. The summed E-state index contributed by atoms with van der Waals surface area (Å²) in [6.45, 7) is 4.53. The van der Waals surface area contributed by atoms with Crippen LogP contribution in [0, 0.1) is 0 Å². The number of hydroxylamine groups is 2. The third-order valence-corrected chi connectivity index (χ3v) is 5.14. The van der Waals surface area contributed by atoms with E-state index in [2.05, 4.69) is 61.4 Å². The van der Waals surface area contributed by atoms with Crippen LogP contribution in [0.15, 0.2) is 54.6 Å². The standard InChI is InChI=1S/C19H21NO2/c1-18(2)17(14-7-5-4-6-8-14)13-19(20(18)22-19)15-9-11-16(21-3)12-10-15/h4-12,17H,13H2,1-3H3. The molecule has 2 saturated heterocycles. The van der Waals surface area contributed by atoms with E-state index in [1.165, 1.54) is 11.1 Å². The van der Waals surface area contributed by atoms with Crippen LogP contribution in [0.5, 0.6) is 5.75 Å². The molecule has 2 aromatic rings. The van der Waals surface area contributed by atoms with Crippen LogP contribution in [0.25, 0.3) is 0 Å². The topological polar surface area (TPSA) is 24.8 Å². The summed E-state index contributed by atoms with van der Waals surface area (Å²) >= 11 is 0. The van der Waals surface area contributed by atoms with Gasteiger partial charge in [-0.2, -0.15) is 0 Å². The molecule has 0 bridgehead atoms. The molecule has 4 rings (SSSR count). The van der Waals surface area contributed by atoms with Gasteiger partial charge in [0, 0.05) is 17.9 Å². The van der Waals surface area contributed by atoms with Gasteiger partial charge in [0.1, 0.15) is 5.75 Å². The number of nitrogens with zero attached hydrogens (tertiary/aromatic N) is 1. The Morgan fingerprint density at radius 1 is 1.05 bits per heavy atom. The number of rotatable bonds is 3. The number of fused-ring (bicyclic) bond motifs is 1. The fourth-order valence-electron chi connectivity index (χ4n) is 3.85. The summed E-state index contributed by atoms with van der Waals surface area (Å²) in [6, 6.07) is 19.0. The molecule has 114 valence electrons. The minimum atomic E-state index is -0.268. The SMILES string of the molecule is COc1ccc(C23CC(c4ccccc4)C(C)(C)N2O3)cc1. The van der Waals surface area contributed by atoms with E-state index in [0.29, 0.717) is 5.92 Å². The molecule has 0 saturated carbocycles. The second kappa shape index (κ2) is 4.58. The lowest BCUT2D eigenvalue weighted by Gasteiger charge is -2.29. The Bertz CT molecular complexity index is 680. The maximum Gasteiger partial charge on any atom is 0.191 e. The van der Waals surface area contributed by atoms with Crippen molar-refractivity contribution >= 4 is 0 Å². The van der Waals surface area contributed by atoms with Crippen LogP contribution in [0.2, 0.25) is 0 Å². The predicted octanol–water partition coefficient (Wildman–Crippen LogP) is 4.06. The van der Waals surface area contributed by atoms with Crippen LogP contribution < -0.4 is 4.74 Å². The highest BCUT2D eigenvalue weighted by molar-refractivity contribution is 5.37. The molecular weight excluding hydrogens is 274 g/mol. The van der Waals surface area contributed by atoms with E-state index in [0.717, 1.165) is 12.2 Å². The van der Waals surface area contributed by atoms with E-state index < -0.39 is 0 Å². The van der Waals surface area contributed by atoms with Crippen molar-refractivity contribution in [1.82, 2.24) is 5.06 Å². The molecule has 22 heavy (non-hydrogen) atoms. The van der Waals surface area contributed by atoms with Gasteiger partial charge in [0.25, 0.3) is 0 Å². The fraction of sp³-hybridized carbons (Fsp3) is 0.368. The van der Waals surface area contributed by atoms with Gasteiger partial charge in [0.2, 0.25) is 0 Å². The van der Waals surface area contributed by atoms with Crippen molar-refractivity contribution in [3.8, 4) is 5.75 Å². The molecule has 0 aliphatic carbocycles. The maximum atomic E-state index is 6.06. The van der Waals surface area contributed by atoms with Gasteiger partial charge in [-0.25, -0.2) is 0 Å². The second-order valence-electron chi connectivity index (χ2n) is 6.72. The van der Waals surface area contributed by atoms with Gasteiger partial charge in [0.15, 0.2) is 5.72 Å². The van der Waals surface area contributed by atoms with E-state index in [-0.39, 0.29) is 11.3 Å². The zero-order valence-corrected chi connectivity index (χ0v) is 13.2.